The number of methoxy groups -OCH3 is 2. The fourth-order valence-electron chi connectivity index (χ4n) is 4.06. The molecule has 0 spiro atoms. The number of hydrogen-bond acceptors (Lipinski definition) is 7. The van der Waals surface area contributed by atoms with Crippen molar-refractivity contribution in [2.75, 3.05) is 21.3 Å². The summed E-state index contributed by atoms with van der Waals surface area (Å²) in [7, 11) is 4.27. The fourth-order valence-corrected chi connectivity index (χ4v) is 4.06. The molecule has 1 aromatic heterocycles. The molecular weight excluding hydrogens is 364 g/mol. The van der Waals surface area contributed by atoms with Crippen molar-refractivity contribution in [2.45, 2.75) is 12.1 Å². The van der Waals surface area contributed by atoms with Crippen LogP contribution in [-0.2, 0) is 19.1 Å². The number of para-hydroxylation sites is 2. The molecule has 146 valence electrons. The predicted molar refractivity (Wildman–Crippen MR) is 96.6 cm³/mol. The summed E-state index contributed by atoms with van der Waals surface area (Å²) in [4.78, 5) is 38.5. The molecule has 0 saturated carbocycles. The SMILES string of the molecule is COC(=O)[C@H]1N[C@@H](c2cnn(-c3ccccc3OC)c2)[C@H]2C(=O)N(C)C(=O)[C@H]21. The third-order valence-electron chi connectivity index (χ3n) is 5.44. The van der Waals surface area contributed by atoms with Gasteiger partial charge in [0, 0.05) is 24.8 Å². The molecule has 2 saturated heterocycles. The topological polar surface area (TPSA) is 103 Å². The Kier molecular flexibility index (Phi) is 4.38. The fraction of sp³-hybridized carbons (Fsp3) is 0.368. The number of fused-ring (bicyclic) bond motifs is 1. The number of benzene rings is 1. The first-order chi connectivity index (χ1) is 13.5. The minimum atomic E-state index is -0.879. The zero-order chi connectivity index (χ0) is 20.0. The molecule has 0 bridgehead atoms. The zero-order valence-electron chi connectivity index (χ0n) is 15.7. The van der Waals surface area contributed by atoms with Crippen molar-refractivity contribution in [2.24, 2.45) is 11.8 Å². The van der Waals surface area contributed by atoms with E-state index in [1.807, 2.05) is 24.3 Å². The summed E-state index contributed by atoms with van der Waals surface area (Å²) in [5.74, 6) is -2.08. The van der Waals surface area contributed by atoms with Crippen molar-refractivity contribution in [3.63, 3.8) is 0 Å². The van der Waals surface area contributed by atoms with E-state index in [-0.39, 0.29) is 11.8 Å². The van der Waals surface area contributed by atoms with Crippen LogP contribution in [0.3, 0.4) is 0 Å². The Morgan fingerprint density at radius 3 is 2.57 bits per heavy atom. The third-order valence-corrected chi connectivity index (χ3v) is 5.44. The summed E-state index contributed by atoms with van der Waals surface area (Å²) in [6, 6.07) is 5.99. The largest absolute Gasteiger partial charge is 0.494 e. The average Bonchev–Trinajstić information content (AvgIpc) is 3.40. The number of nitrogens with zero attached hydrogens (tertiary/aromatic N) is 3. The van der Waals surface area contributed by atoms with Crippen molar-refractivity contribution in [1.82, 2.24) is 20.0 Å². The Hall–Kier alpha value is -3.20. The number of carbonyl (C=O) groups excluding carboxylic acids is 3. The van der Waals surface area contributed by atoms with Gasteiger partial charge in [0.2, 0.25) is 11.8 Å². The van der Waals surface area contributed by atoms with Crippen LogP contribution >= 0.6 is 0 Å². The van der Waals surface area contributed by atoms with E-state index in [0.717, 1.165) is 10.6 Å². The van der Waals surface area contributed by atoms with E-state index in [2.05, 4.69) is 10.4 Å². The number of ether oxygens (including phenoxy) is 2. The normalized spacial score (nSPS) is 26.5. The van der Waals surface area contributed by atoms with E-state index in [1.54, 1.807) is 24.2 Å². The zero-order valence-corrected chi connectivity index (χ0v) is 15.7. The van der Waals surface area contributed by atoms with Gasteiger partial charge in [-0.25, -0.2) is 4.68 Å². The minimum Gasteiger partial charge on any atom is -0.494 e. The molecule has 2 amide bonds. The minimum absolute atomic E-state index is 0.316. The number of imide groups is 1. The summed E-state index contributed by atoms with van der Waals surface area (Å²) in [5, 5.41) is 7.48. The third kappa shape index (κ3) is 2.58. The van der Waals surface area contributed by atoms with Crippen molar-refractivity contribution >= 4 is 17.8 Å². The Morgan fingerprint density at radius 1 is 1.14 bits per heavy atom. The quantitative estimate of drug-likeness (QED) is 0.597. The first-order valence-corrected chi connectivity index (χ1v) is 8.81. The van der Waals surface area contributed by atoms with Crippen molar-refractivity contribution in [3.05, 3.63) is 42.2 Å². The van der Waals surface area contributed by atoms with Gasteiger partial charge in [-0.1, -0.05) is 12.1 Å². The van der Waals surface area contributed by atoms with E-state index in [4.69, 9.17) is 9.47 Å². The smallest absolute Gasteiger partial charge is 0.323 e. The second-order valence-corrected chi connectivity index (χ2v) is 6.82. The molecule has 2 aliphatic heterocycles. The average molecular weight is 384 g/mol. The van der Waals surface area contributed by atoms with Gasteiger partial charge < -0.3 is 9.47 Å². The number of esters is 1. The number of likely N-dealkylation sites (tertiary alicyclic amines) is 1. The van der Waals surface area contributed by atoms with E-state index in [0.29, 0.717) is 11.3 Å². The van der Waals surface area contributed by atoms with Gasteiger partial charge >= 0.3 is 5.97 Å². The first-order valence-electron chi connectivity index (χ1n) is 8.81. The number of rotatable bonds is 4. The first kappa shape index (κ1) is 18.2. The summed E-state index contributed by atoms with van der Waals surface area (Å²) >= 11 is 0. The van der Waals surface area contributed by atoms with Gasteiger partial charge in [-0.3, -0.25) is 24.6 Å². The lowest BCUT2D eigenvalue weighted by Gasteiger charge is -2.18. The molecule has 0 radical (unpaired) electrons. The Bertz CT molecular complexity index is 955. The molecule has 1 N–H and O–H groups in total. The van der Waals surface area contributed by atoms with Crippen LogP contribution in [-0.4, -0.2) is 59.8 Å². The van der Waals surface area contributed by atoms with Crippen LogP contribution in [0, 0.1) is 11.8 Å². The highest BCUT2D eigenvalue weighted by Gasteiger charge is 2.60. The van der Waals surface area contributed by atoms with Crippen LogP contribution < -0.4 is 10.1 Å². The molecule has 2 aromatic rings. The summed E-state index contributed by atoms with van der Waals surface area (Å²) in [5.41, 5.74) is 1.44. The Balaban J connectivity index is 1.71. The maximum atomic E-state index is 12.7. The Labute approximate surface area is 161 Å². The van der Waals surface area contributed by atoms with Crippen LogP contribution in [0.2, 0.25) is 0 Å². The molecule has 1 aromatic carbocycles. The van der Waals surface area contributed by atoms with Gasteiger partial charge in [-0.15, -0.1) is 0 Å². The highest BCUT2D eigenvalue weighted by atomic mass is 16.5. The van der Waals surface area contributed by atoms with Gasteiger partial charge in [0.15, 0.2) is 0 Å². The van der Waals surface area contributed by atoms with Crippen molar-refractivity contribution in [1.29, 1.82) is 0 Å². The number of carbonyl (C=O) groups is 3. The number of nitrogens with one attached hydrogen (secondary N) is 1. The molecule has 9 nitrogen and oxygen atoms in total. The summed E-state index contributed by atoms with van der Waals surface area (Å²) < 4.78 is 11.8. The van der Waals surface area contributed by atoms with Crippen molar-refractivity contribution < 1.29 is 23.9 Å². The maximum Gasteiger partial charge on any atom is 0.323 e. The molecule has 4 rings (SSSR count). The standard InChI is InChI=1S/C19H20N4O5/c1-22-17(24)13-14(18(22)25)16(19(26)28-3)21-15(13)10-8-20-23(9-10)11-6-4-5-7-12(11)27-2/h4-9,13-16,21H,1-3H3/t13-,14+,15-,16-/m0/s1. The van der Waals surface area contributed by atoms with Crippen LogP contribution in [0.25, 0.3) is 5.69 Å². The van der Waals surface area contributed by atoms with Crippen molar-refractivity contribution in [3.8, 4) is 11.4 Å². The summed E-state index contributed by atoms with van der Waals surface area (Å²) in [6.07, 6.45) is 3.39. The molecule has 2 aliphatic rings. The second kappa shape index (κ2) is 6.75. The molecule has 3 heterocycles. The lowest BCUT2D eigenvalue weighted by atomic mass is 9.87. The lowest BCUT2D eigenvalue weighted by molar-refractivity contribution is -0.147. The molecule has 0 aliphatic carbocycles. The van der Waals surface area contributed by atoms with Gasteiger partial charge in [0.05, 0.1) is 32.3 Å². The van der Waals surface area contributed by atoms with E-state index in [9.17, 15) is 14.4 Å². The molecule has 28 heavy (non-hydrogen) atoms. The van der Waals surface area contributed by atoms with E-state index >= 15 is 0 Å². The van der Waals surface area contributed by atoms with Crippen LogP contribution in [0.15, 0.2) is 36.7 Å². The Morgan fingerprint density at radius 2 is 1.86 bits per heavy atom. The number of hydrogen-bond donors (Lipinski definition) is 1. The monoisotopic (exact) mass is 384 g/mol. The predicted octanol–water partition coefficient (Wildman–Crippen LogP) is 0.298. The number of aromatic nitrogens is 2. The van der Waals surface area contributed by atoms with Gasteiger partial charge in [0.25, 0.3) is 0 Å². The second-order valence-electron chi connectivity index (χ2n) is 6.82. The molecule has 9 heteroatoms. The number of amides is 2. The molecule has 2 fully saturated rings. The molecule has 4 atom stereocenters. The summed E-state index contributed by atoms with van der Waals surface area (Å²) in [6.45, 7) is 0. The van der Waals surface area contributed by atoms with Gasteiger partial charge in [-0.05, 0) is 12.1 Å². The van der Waals surface area contributed by atoms with Crippen LogP contribution in [0.5, 0.6) is 5.75 Å². The van der Waals surface area contributed by atoms with Gasteiger partial charge in [0.1, 0.15) is 17.5 Å². The maximum absolute atomic E-state index is 12.7. The highest BCUT2D eigenvalue weighted by molar-refractivity contribution is 6.08. The molecule has 0 unspecified atom stereocenters. The van der Waals surface area contributed by atoms with E-state index < -0.39 is 29.9 Å². The molecular formula is C19H20N4O5. The van der Waals surface area contributed by atoms with Crippen LogP contribution in [0.1, 0.15) is 11.6 Å². The van der Waals surface area contributed by atoms with E-state index in [1.165, 1.54) is 14.2 Å². The van der Waals surface area contributed by atoms with Crippen LogP contribution in [0.4, 0.5) is 0 Å². The van der Waals surface area contributed by atoms with Gasteiger partial charge in [-0.2, -0.15) is 5.10 Å². The lowest BCUT2D eigenvalue weighted by Crippen LogP contribution is -2.42. The highest BCUT2D eigenvalue weighted by Crippen LogP contribution is 2.43.